The van der Waals surface area contributed by atoms with Crippen LogP contribution in [0.1, 0.15) is 24.0 Å². The van der Waals surface area contributed by atoms with Crippen molar-refractivity contribution in [1.29, 1.82) is 0 Å². The van der Waals surface area contributed by atoms with E-state index in [1.807, 2.05) is 17.0 Å². The topological polar surface area (TPSA) is 42.0 Å². The van der Waals surface area contributed by atoms with Gasteiger partial charge in [-0.25, -0.2) is 0 Å². The maximum absolute atomic E-state index is 12.8. The molecule has 25 heavy (non-hydrogen) atoms. The van der Waals surface area contributed by atoms with Crippen molar-refractivity contribution in [3.63, 3.8) is 0 Å². The molecule has 0 aromatic heterocycles. The van der Waals surface area contributed by atoms with Gasteiger partial charge in [-0.1, -0.05) is 29.8 Å². The monoisotopic (exact) mass is 346 g/mol. The third-order valence-electron chi connectivity index (χ3n) is 5.09. The summed E-state index contributed by atoms with van der Waals surface area (Å²) in [4.78, 5) is 16.9. The van der Waals surface area contributed by atoms with Crippen LogP contribution in [0.3, 0.4) is 0 Å². The van der Waals surface area contributed by atoms with E-state index in [9.17, 15) is 4.79 Å². The number of benzene rings is 1. The second kappa shape index (κ2) is 7.85. The number of hydrogen-bond acceptors (Lipinski definition) is 4. The van der Waals surface area contributed by atoms with Gasteiger partial charge in [0.15, 0.2) is 0 Å². The first kappa shape index (κ1) is 18.4. The molecule has 0 radical (unpaired) electrons. The Morgan fingerprint density at radius 1 is 1.32 bits per heavy atom. The normalized spacial score (nSPS) is 27.0. The Bertz CT molecular complexity index is 587. The number of aryl methyl sites for hydroxylation is 1. The molecule has 1 amide bonds. The highest BCUT2D eigenvalue weighted by Crippen LogP contribution is 2.33. The summed E-state index contributed by atoms with van der Waals surface area (Å²) in [5.41, 5.74) is 1.94. The summed E-state index contributed by atoms with van der Waals surface area (Å²) >= 11 is 0. The van der Waals surface area contributed by atoms with Crippen LogP contribution in [0, 0.1) is 6.92 Å². The van der Waals surface area contributed by atoms with Crippen LogP contribution in [-0.4, -0.2) is 74.4 Å². The summed E-state index contributed by atoms with van der Waals surface area (Å²) in [5.74, 6) is 0.161. The minimum absolute atomic E-state index is 0.161. The van der Waals surface area contributed by atoms with Crippen LogP contribution >= 0.6 is 0 Å². The molecule has 2 fully saturated rings. The lowest BCUT2D eigenvalue weighted by Crippen LogP contribution is -2.47. The molecule has 5 heteroatoms. The molecule has 2 heterocycles. The number of nitrogens with zero attached hydrogens (tertiary/aromatic N) is 2. The Balaban J connectivity index is 1.63. The zero-order valence-corrected chi connectivity index (χ0v) is 15.7. The average Bonchev–Trinajstić information content (AvgIpc) is 2.81. The van der Waals surface area contributed by atoms with Gasteiger partial charge >= 0.3 is 0 Å². The second-order valence-corrected chi connectivity index (χ2v) is 7.75. The Hall–Kier alpha value is -1.43. The number of ether oxygens (including phenoxy) is 2. The molecule has 1 spiro atoms. The molecule has 2 saturated heterocycles. The van der Waals surface area contributed by atoms with Gasteiger partial charge in [-0.2, -0.15) is 0 Å². The van der Waals surface area contributed by atoms with Gasteiger partial charge in [0.2, 0.25) is 5.91 Å². The van der Waals surface area contributed by atoms with Gasteiger partial charge in [-0.05, 0) is 39.4 Å². The van der Waals surface area contributed by atoms with Crippen molar-refractivity contribution in [3.8, 4) is 0 Å². The number of carbonyl (C=O) groups is 1. The van der Waals surface area contributed by atoms with Crippen molar-refractivity contribution in [3.05, 3.63) is 35.4 Å². The molecule has 2 aliphatic rings. The minimum Gasteiger partial charge on any atom is -0.377 e. The van der Waals surface area contributed by atoms with E-state index in [0.717, 1.165) is 24.9 Å². The highest BCUT2D eigenvalue weighted by molar-refractivity contribution is 5.79. The molecular formula is C20H30N2O3. The number of hydrogen-bond donors (Lipinski definition) is 0. The van der Waals surface area contributed by atoms with Crippen molar-refractivity contribution in [1.82, 2.24) is 9.80 Å². The Morgan fingerprint density at radius 2 is 2.08 bits per heavy atom. The van der Waals surface area contributed by atoms with Gasteiger partial charge in [-0.15, -0.1) is 0 Å². The molecule has 2 atom stereocenters. The largest absolute Gasteiger partial charge is 0.377 e. The van der Waals surface area contributed by atoms with Gasteiger partial charge < -0.3 is 19.3 Å². The van der Waals surface area contributed by atoms with Gasteiger partial charge in [0.05, 0.1) is 32.3 Å². The van der Waals surface area contributed by atoms with Crippen LogP contribution in [0.4, 0.5) is 0 Å². The molecule has 5 nitrogen and oxygen atoms in total. The quantitative estimate of drug-likeness (QED) is 0.835. The molecule has 0 aliphatic carbocycles. The first-order valence-corrected chi connectivity index (χ1v) is 9.19. The summed E-state index contributed by atoms with van der Waals surface area (Å²) in [5, 5.41) is 0. The molecular weight excluding hydrogens is 316 g/mol. The summed E-state index contributed by atoms with van der Waals surface area (Å²) in [6, 6.07) is 8.19. The highest BCUT2D eigenvalue weighted by Gasteiger charge is 2.43. The van der Waals surface area contributed by atoms with E-state index in [1.54, 1.807) is 0 Å². The van der Waals surface area contributed by atoms with Crippen LogP contribution in [0.25, 0.3) is 0 Å². The molecule has 0 bridgehead atoms. The van der Waals surface area contributed by atoms with Gasteiger partial charge in [0.25, 0.3) is 0 Å². The molecule has 2 aliphatic heterocycles. The van der Waals surface area contributed by atoms with Crippen molar-refractivity contribution in [2.75, 3.05) is 46.9 Å². The molecule has 2 unspecified atom stereocenters. The van der Waals surface area contributed by atoms with E-state index in [1.165, 1.54) is 5.56 Å². The van der Waals surface area contributed by atoms with Crippen LogP contribution < -0.4 is 0 Å². The van der Waals surface area contributed by atoms with Crippen LogP contribution in [-0.2, 0) is 20.7 Å². The highest BCUT2D eigenvalue weighted by atomic mass is 16.6. The van der Waals surface area contributed by atoms with E-state index in [-0.39, 0.29) is 17.6 Å². The maximum Gasteiger partial charge on any atom is 0.227 e. The zero-order chi connectivity index (χ0) is 17.9. The molecule has 0 N–H and O–H groups in total. The lowest BCUT2D eigenvalue weighted by Gasteiger charge is -2.32. The Morgan fingerprint density at radius 3 is 2.80 bits per heavy atom. The van der Waals surface area contributed by atoms with Crippen LogP contribution in [0.2, 0.25) is 0 Å². The van der Waals surface area contributed by atoms with Crippen molar-refractivity contribution in [2.24, 2.45) is 0 Å². The van der Waals surface area contributed by atoms with E-state index < -0.39 is 0 Å². The number of carbonyl (C=O) groups excluding carboxylic acids is 1. The van der Waals surface area contributed by atoms with E-state index >= 15 is 0 Å². The summed E-state index contributed by atoms with van der Waals surface area (Å²) in [7, 11) is 4.13. The van der Waals surface area contributed by atoms with Crippen LogP contribution in [0.15, 0.2) is 24.3 Å². The van der Waals surface area contributed by atoms with Crippen molar-refractivity contribution >= 4 is 5.91 Å². The number of amides is 1. The summed E-state index contributed by atoms with van der Waals surface area (Å²) in [6.45, 7) is 5.44. The predicted molar refractivity (Wildman–Crippen MR) is 97.7 cm³/mol. The van der Waals surface area contributed by atoms with Crippen LogP contribution in [0.5, 0.6) is 0 Å². The first-order valence-electron chi connectivity index (χ1n) is 9.19. The maximum atomic E-state index is 12.8. The van der Waals surface area contributed by atoms with Gasteiger partial charge in [-0.3, -0.25) is 4.79 Å². The van der Waals surface area contributed by atoms with Crippen molar-refractivity contribution < 1.29 is 14.3 Å². The minimum atomic E-state index is -0.333. The average molecular weight is 346 g/mol. The third kappa shape index (κ3) is 4.81. The van der Waals surface area contributed by atoms with Crippen molar-refractivity contribution in [2.45, 2.75) is 37.9 Å². The molecule has 3 rings (SSSR count). The smallest absolute Gasteiger partial charge is 0.227 e. The Kier molecular flexibility index (Phi) is 5.77. The SMILES string of the molecule is Cc1ccc(CC(=O)N2CCOCC3(CCC(CN(C)C)O3)C2)cc1. The van der Waals surface area contributed by atoms with E-state index in [4.69, 9.17) is 9.47 Å². The number of likely N-dealkylation sites (N-methyl/N-ethyl adjacent to an activating group) is 1. The fraction of sp³-hybridized carbons (Fsp3) is 0.650. The zero-order valence-electron chi connectivity index (χ0n) is 15.7. The molecule has 0 saturated carbocycles. The summed E-state index contributed by atoms with van der Waals surface area (Å²) in [6.07, 6.45) is 2.66. The lowest BCUT2D eigenvalue weighted by molar-refractivity contribution is -0.135. The Labute approximate surface area is 150 Å². The summed E-state index contributed by atoms with van der Waals surface area (Å²) < 4.78 is 12.2. The third-order valence-corrected chi connectivity index (χ3v) is 5.09. The fourth-order valence-corrected chi connectivity index (χ4v) is 3.76. The van der Waals surface area contributed by atoms with Gasteiger partial charge in [0, 0.05) is 13.1 Å². The van der Waals surface area contributed by atoms with E-state index in [2.05, 4.69) is 38.1 Å². The second-order valence-electron chi connectivity index (χ2n) is 7.75. The molecule has 1 aromatic carbocycles. The fourth-order valence-electron chi connectivity index (χ4n) is 3.76. The van der Waals surface area contributed by atoms with Gasteiger partial charge in [0.1, 0.15) is 5.60 Å². The van der Waals surface area contributed by atoms with E-state index in [0.29, 0.717) is 32.7 Å². The standard InChI is InChI=1S/C20H30N2O3/c1-16-4-6-17(7-5-16)12-19(23)22-10-11-24-15-20(14-22)9-8-18(25-20)13-21(2)3/h4-7,18H,8-15H2,1-3H3. The predicted octanol–water partition coefficient (Wildman–Crippen LogP) is 1.88. The lowest BCUT2D eigenvalue weighted by atomic mass is 9.99. The number of rotatable bonds is 4. The molecule has 138 valence electrons. The molecule has 1 aromatic rings. The first-order chi connectivity index (χ1) is 12.0.